The van der Waals surface area contributed by atoms with Crippen molar-refractivity contribution in [3.05, 3.63) is 134 Å². The number of hydrogen-bond acceptors (Lipinski definition) is 7. The number of likely N-dealkylation sites (N-methyl/N-ethyl adjacent to an activating group) is 1. The Kier molecular flexibility index (Phi) is 48.0. The molecule has 3 unspecified atom stereocenters. The average molecular weight is 1020 g/mol. The quantitative estimate of drug-likeness (QED) is 0.0161. The van der Waals surface area contributed by atoms with Gasteiger partial charge in [-0.2, -0.15) is 0 Å². The SMILES string of the molecule is CC\C=C/C=C/C=C/C=C\C=C\C=C\CCCCCC(=O)OC(/C=C/CCCCCCCCCCCC)C(COP(=O)([O-])OCC[N+](C)(C)C)NC(=O)CCC/C=C\C/C=C\C/C=C\C/C=C\CCCCC. The summed E-state index contributed by atoms with van der Waals surface area (Å²) in [6.07, 6.45) is 71.4. The number of quaternary nitrogens is 1. The van der Waals surface area contributed by atoms with Crippen molar-refractivity contribution in [2.75, 3.05) is 40.9 Å². The summed E-state index contributed by atoms with van der Waals surface area (Å²) in [7, 11) is 1.10. The summed E-state index contributed by atoms with van der Waals surface area (Å²) < 4.78 is 30.1. The van der Waals surface area contributed by atoms with E-state index in [1.807, 2.05) is 88.0 Å². The zero-order chi connectivity index (χ0) is 52.9. The minimum Gasteiger partial charge on any atom is -0.756 e. The van der Waals surface area contributed by atoms with Crippen molar-refractivity contribution in [3.63, 3.8) is 0 Å². The van der Waals surface area contributed by atoms with Gasteiger partial charge < -0.3 is 28.5 Å². The van der Waals surface area contributed by atoms with Gasteiger partial charge in [0.25, 0.3) is 7.82 Å². The Morgan fingerprint density at radius 1 is 0.514 bits per heavy atom. The summed E-state index contributed by atoms with van der Waals surface area (Å²) in [4.78, 5) is 39.8. The van der Waals surface area contributed by atoms with Crippen LogP contribution in [0.1, 0.15) is 194 Å². The number of nitrogens with zero attached hydrogens (tertiary/aromatic N) is 1. The van der Waals surface area contributed by atoms with E-state index in [0.29, 0.717) is 23.9 Å². The molecule has 3 atom stereocenters. The van der Waals surface area contributed by atoms with Crippen LogP contribution in [0, 0.1) is 0 Å². The lowest BCUT2D eigenvalue weighted by molar-refractivity contribution is -0.870. The van der Waals surface area contributed by atoms with Crippen molar-refractivity contribution in [1.82, 2.24) is 5.32 Å². The van der Waals surface area contributed by atoms with E-state index in [4.69, 9.17) is 13.8 Å². The number of esters is 1. The first-order valence-electron chi connectivity index (χ1n) is 28.1. The topological polar surface area (TPSA) is 114 Å². The molecule has 0 heterocycles. The van der Waals surface area contributed by atoms with Crippen LogP contribution >= 0.6 is 7.82 Å². The molecule has 0 saturated carbocycles. The lowest BCUT2D eigenvalue weighted by Crippen LogP contribution is -2.47. The monoisotopic (exact) mass is 1020 g/mol. The fraction of sp³-hybridized carbons (Fsp3) is 0.613. The number of rotatable bonds is 48. The highest BCUT2D eigenvalue weighted by Gasteiger charge is 2.27. The summed E-state index contributed by atoms with van der Waals surface area (Å²) in [6.45, 7) is 6.55. The summed E-state index contributed by atoms with van der Waals surface area (Å²) in [5.74, 6) is -0.672. The molecule has 0 bridgehead atoms. The van der Waals surface area contributed by atoms with E-state index in [0.717, 1.165) is 77.0 Å². The molecule has 0 rings (SSSR count). The van der Waals surface area contributed by atoms with Gasteiger partial charge in [-0.25, -0.2) is 0 Å². The number of phosphoric acid groups is 1. The second kappa shape index (κ2) is 50.7. The molecule has 408 valence electrons. The lowest BCUT2D eigenvalue weighted by Gasteiger charge is -2.30. The van der Waals surface area contributed by atoms with Gasteiger partial charge in [-0.15, -0.1) is 0 Å². The van der Waals surface area contributed by atoms with Crippen molar-refractivity contribution in [2.45, 2.75) is 206 Å². The molecule has 0 aliphatic heterocycles. The predicted molar refractivity (Wildman–Crippen MR) is 306 cm³/mol. The third-order valence-corrected chi connectivity index (χ3v) is 12.4. The Balaban J connectivity index is 5.58. The predicted octanol–water partition coefficient (Wildman–Crippen LogP) is 16.3. The molecule has 1 N–H and O–H groups in total. The number of nitrogens with one attached hydrogen (secondary N) is 1. The highest BCUT2D eigenvalue weighted by Crippen LogP contribution is 2.38. The number of ether oxygens (including phenoxy) is 1. The van der Waals surface area contributed by atoms with Gasteiger partial charge in [0, 0.05) is 12.8 Å². The van der Waals surface area contributed by atoms with Gasteiger partial charge in [-0.05, 0) is 89.5 Å². The molecule has 0 aromatic carbocycles. The first-order valence-corrected chi connectivity index (χ1v) is 29.5. The van der Waals surface area contributed by atoms with Crippen molar-refractivity contribution < 1.29 is 37.3 Å². The van der Waals surface area contributed by atoms with Crippen LogP contribution in [0.4, 0.5) is 0 Å². The summed E-state index contributed by atoms with van der Waals surface area (Å²) in [5.41, 5.74) is 0. The second-order valence-corrected chi connectivity index (χ2v) is 20.9. The molecule has 0 aromatic rings. The first kappa shape index (κ1) is 68.2. The van der Waals surface area contributed by atoms with Gasteiger partial charge in [0.1, 0.15) is 19.3 Å². The van der Waals surface area contributed by atoms with Crippen LogP contribution in [0.2, 0.25) is 0 Å². The maximum atomic E-state index is 13.5. The molecule has 72 heavy (non-hydrogen) atoms. The fourth-order valence-corrected chi connectivity index (χ4v) is 7.85. The Hall–Kier alpha value is -3.85. The Morgan fingerprint density at radius 2 is 0.958 bits per heavy atom. The number of phosphoric ester groups is 1. The van der Waals surface area contributed by atoms with Crippen LogP contribution in [0.5, 0.6) is 0 Å². The minimum atomic E-state index is -4.73. The van der Waals surface area contributed by atoms with E-state index >= 15 is 0 Å². The molecule has 10 heteroatoms. The molecule has 0 saturated heterocycles. The third kappa shape index (κ3) is 51.1. The standard InChI is InChI=1S/C62H103N2O7P/c1-7-10-13-16-19-22-25-28-30-32-34-36-39-42-45-48-51-54-61(65)63-59(58-70-72(67,68)69-57-56-64(4,5)6)60(53-50-47-44-41-38-27-24-21-18-15-12-9-3)71-62(66)55-52-49-46-43-40-37-35-33-31-29-26-23-20-17-14-11-8-2/h11,14,17,19-20,22-23,26,28-31,33-37,40,42,45,50,53,59-60H,7-10,12-13,15-16,18,21,24-25,27,32,38-39,41,43-44,46-49,51-52,54-58H2,1-6H3,(H-,63,65,67,68)/b14-11-,20-17+,22-19-,26-23+,30-28-,31-29-,35-33+,36-34-,40-37+,45-42-,53-50+. The number of carbonyl (C=O) groups excluding carboxylic acids is 2. The van der Waals surface area contributed by atoms with Crippen molar-refractivity contribution in [1.29, 1.82) is 0 Å². The lowest BCUT2D eigenvalue weighted by atomic mass is 10.1. The number of unbranched alkanes of at least 4 members (excludes halogenated alkanes) is 17. The molecule has 0 spiro atoms. The summed E-state index contributed by atoms with van der Waals surface area (Å²) in [5, 5.41) is 2.97. The molecule has 0 radical (unpaired) electrons. The Labute approximate surface area is 441 Å². The van der Waals surface area contributed by atoms with Crippen LogP contribution in [0.3, 0.4) is 0 Å². The third-order valence-electron chi connectivity index (χ3n) is 11.5. The van der Waals surface area contributed by atoms with E-state index in [1.165, 1.54) is 70.6 Å². The molecule has 1 amide bonds. The highest BCUT2D eigenvalue weighted by atomic mass is 31.2. The van der Waals surface area contributed by atoms with Gasteiger partial charge in [0.15, 0.2) is 0 Å². The Bertz CT molecular complexity index is 1690. The average Bonchev–Trinajstić information content (AvgIpc) is 3.34. The van der Waals surface area contributed by atoms with Gasteiger partial charge in [-0.1, -0.05) is 225 Å². The van der Waals surface area contributed by atoms with Crippen molar-refractivity contribution in [2.24, 2.45) is 0 Å². The molecule has 9 nitrogen and oxygen atoms in total. The fourth-order valence-electron chi connectivity index (χ4n) is 7.13. The normalized spacial score (nSPS) is 14.8. The van der Waals surface area contributed by atoms with E-state index in [9.17, 15) is 19.0 Å². The van der Waals surface area contributed by atoms with E-state index in [1.54, 1.807) is 6.08 Å². The molecular weight excluding hydrogens is 916 g/mol. The van der Waals surface area contributed by atoms with Crippen LogP contribution < -0.4 is 10.2 Å². The van der Waals surface area contributed by atoms with Crippen LogP contribution in [0.25, 0.3) is 0 Å². The van der Waals surface area contributed by atoms with E-state index in [-0.39, 0.29) is 25.4 Å². The van der Waals surface area contributed by atoms with Crippen molar-refractivity contribution >= 4 is 19.7 Å². The number of allylic oxidation sites excluding steroid dienone is 21. The second-order valence-electron chi connectivity index (χ2n) is 19.5. The minimum absolute atomic E-state index is 0.0480. The highest BCUT2D eigenvalue weighted by molar-refractivity contribution is 7.45. The molecular formula is C62H103N2O7P. The maximum Gasteiger partial charge on any atom is 0.306 e. The van der Waals surface area contributed by atoms with Crippen LogP contribution in [0.15, 0.2) is 134 Å². The smallest absolute Gasteiger partial charge is 0.306 e. The number of amides is 1. The molecule has 0 fully saturated rings. The molecule has 0 aliphatic rings. The van der Waals surface area contributed by atoms with E-state index in [2.05, 4.69) is 86.8 Å². The molecule has 0 aliphatic carbocycles. The van der Waals surface area contributed by atoms with Gasteiger partial charge in [0.05, 0.1) is 33.8 Å². The maximum absolute atomic E-state index is 13.5. The number of hydrogen-bond donors (Lipinski definition) is 1. The van der Waals surface area contributed by atoms with Gasteiger partial charge >= 0.3 is 5.97 Å². The molecule has 0 aromatic heterocycles. The van der Waals surface area contributed by atoms with Crippen molar-refractivity contribution in [3.8, 4) is 0 Å². The Morgan fingerprint density at radius 3 is 1.51 bits per heavy atom. The summed E-state index contributed by atoms with van der Waals surface area (Å²) in [6, 6.07) is -0.944. The summed E-state index contributed by atoms with van der Waals surface area (Å²) >= 11 is 0. The first-order chi connectivity index (χ1) is 34.9. The zero-order valence-corrected chi connectivity index (χ0v) is 47.2. The number of carbonyl (C=O) groups is 2. The van der Waals surface area contributed by atoms with Crippen LogP contribution in [-0.4, -0.2) is 69.4 Å². The van der Waals surface area contributed by atoms with Crippen LogP contribution in [-0.2, 0) is 27.9 Å². The van der Waals surface area contributed by atoms with E-state index < -0.39 is 32.5 Å². The van der Waals surface area contributed by atoms with Gasteiger partial charge in [-0.3, -0.25) is 14.2 Å². The zero-order valence-electron chi connectivity index (χ0n) is 46.3. The van der Waals surface area contributed by atoms with Gasteiger partial charge in [0.2, 0.25) is 5.91 Å². The largest absolute Gasteiger partial charge is 0.756 e.